The summed E-state index contributed by atoms with van der Waals surface area (Å²) in [5.41, 5.74) is 7.78. The zero-order chi connectivity index (χ0) is 29.0. The van der Waals surface area contributed by atoms with Crippen LogP contribution in [-0.4, -0.2) is 71.4 Å². The van der Waals surface area contributed by atoms with Gasteiger partial charge in [-0.05, 0) is 63.1 Å². The van der Waals surface area contributed by atoms with Crippen molar-refractivity contribution in [1.82, 2.24) is 5.32 Å². The highest BCUT2D eigenvalue weighted by Crippen LogP contribution is 2.39. The van der Waals surface area contributed by atoms with Gasteiger partial charge >= 0.3 is 6.09 Å². The highest BCUT2D eigenvalue weighted by molar-refractivity contribution is 5.68. The van der Waals surface area contributed by atoms with Gasteiger partial charge in [0.25, 0.3) is 0 Å². The second-order valence-corrected chi connectivity index (χ2v) is 9.74. The van der Waals surface area contributed by atoms with Crippen molar-refractivity contribution in [1.29, 1.82) is 0 Å². The average Bonchev–Trinajstić information content (AvgIpc) is 2.89. The summed E-state index contributed by atoms with van der Waals surface area (Å²) in [6.45, 7) is 8.01. The lowest BCUT2D eigenvalue weighted by Crippen LogP contribution is -2.36. The molecule has 4 N–H and O–H groups in total. The fourth-order valence-electron chi connectivity index (χ4n) is 3.54. The number of benzene rings is 2. The van der Waals surface area contributed by atoms with Crippen molar-refractivity contribution in [2.75, 3.05) is 54.5 Å². The van der Waals surface area contributed by atoms with Gasteiger partial charge in [0.2, 0.25) is 0 Å². The van der Waals surface area contributed by atoms with Crippen LogP contribution in [0.1, 0.15) is 49.5 Å². The molecule has 0 radical (unpaired) electrons. The minimum Gasteiger partial charge on any atom is -0.496 e. The molecule has 0 aromatic heterocycles. The molecule has 0 aliphatic rings. The number of hydrogen-bond acceptors (Lipinski definition) is 10. The van der Waals surface area contributed by atoms with E-state index in [0.717, 1.165) is 11.1 Å². The summed E-state index contributed by atoms with van der Waals surface area (Å²) < 4.78 is 38.5. The van der Waals surface area contributed by atoms with Gasteiger partial charge in [-0.2, -0.15) is 0 Å². The Morgan fingerprint density at radius 3 is 2.23 bits per heavy atom. The monoisotopic (exact) mass is 550 g/mol. The Morgan fingerprint density at radius 1 is 0.949 bits per heavy atom. The van der Waals surface area contributed by atoms with E-state index >= 15 is 0 Å². The summed E-state index contributed by atoms with van der Waals surface area (Å²) >= 11 is 0. The summed E-state index contributed by atoms with van der Waals surface area (Å²) in [5.74, 6) is 1.91. The van der Waals surface area contributed by atoms with Gasteiger partial charge < -0.3 is 49.3 Å². The first-order chi connectivity index (χ1) is 18.5. The number of carbonyl (C=O) groups is 1. The van der Waals surface area contributed by atoms with Gasteiger partial charge in [-0.25, -0.2) is 4.79 Å². The van der Waals surface area contributed by atoms with E-state index in [4.69, 9.17) is 38.9 Å². The van der Waals surface area contributed by atoms with Crippen LogP contribution >= 0.6 is 0 Å². The van der Waals surface area contributed by atoms with E-state index in [1.54, 1.807) is 53.2 Å². The summed E-state index contributed by atoms with van der Waals surface area (Å²) in [4.78, 5) is 12.3. The van der Waals surface area contributed by atoms with Crippen molar-refractivity contribution in [3.05, 3.63) is 47.0 Å². The van der Waals surface area contributed by atoms with E-state index in [0.29, 0.717) is 41.8 Å². The van der Waals surface area contributed by atoms with Crippen LogP contribution in [0.15, 0.2) is 30.3 Å². The molecule has 11 heteroatoms. The Morgan fingerprint density at radius 2 is 1.62 bits per heavy atom. The molecule has 0 heterocycles. The summed E-state index contributed by atoms with van der Waals surface area (Å²) in [6, 6.07) is 7.56. The molecule has 0 saturated heterocycles. The number of carbonyl (C=O) groups excluding carboxylic acids is 1. The number of alkyl carbamates (subject to hydrolysis) is 1. The summed E-state index contributed by atoms with van der Waals surface area (Å²) in [7, 11) is 4.69. The lowest BCUT2D eigenvalue weighted by molar-refractivity contribution is -0.0690. The first-order valence-corrected chi connectivity index (χ1v) is 12.6. The quantitative estimate of drug-likeness (QED) is 0.220. The number of hydrogen-bond donors (Lipinski definition) is 3. The van der Waals surface area contributed by atoms with Crippen molar-refractivity contribution in [3.8, 4) is 23.0 Å². The molecule has 1 amide bonds. The first kappa shape index (κ1) is 32.1. The Balaban J connectivity index is 2.28. The Kier molecular flexibility index (Phi) is 12.8. The van der Waals surface area contributed by atoms with Gasteiger partial charge in [0.05, 0.1) is 52.7 Å². The van der Waals surface area contributed by atoms with Crippen LogP contribution in [0.5, 0.6) is 23.0 Å². The molecule has 2 atom stereocenters. The predicted molar refractivity (Wildman–Crippen MR) is 146 cm³/mol. The van der Waals surface area contributed by atoms with Crippen molar-refractivity contribution in [2.45, 2.75) is 45.4 Å². The number of nitrogens with two attached hydrogens (primary N) is 1. The molecular formula is C28H42N2O9. The van der Waals surface area contributed by atoms with Crippen LogP contribution in [0.3, 0.4) is 0 Å². The highest BCUT2D eigenvalue weighted by Gasteiger charge is 2.22. The molecule has 0 aliphatic carbocycles. The second-order valence-electron chi connectivity index (χ2n) is 9.74. The Labute approximate surface area is 230 Å². The molecule has 0 spiro atoms. The number of ether oxygens (including phenoxy) is 7. The maximum atomic E-state index is 12.3. The SMILES string of the molecule is COCCOCOC[C@@H](N)c1cc(OC)c(C)c(Oc2cc([C@H](CO)NC(=O)OC(C)(C)C)ccc2OC)c1. The topological polar surface area (TPSA) is 140 Å². The Hall–Kier alpha value is -3.09. The van der Waals surface area contributed by atoms with Crippen molar-refractivity contribution in [3.63, 3.8) is 0 Å². The third kappa shape index (κ3) is 10.2. The van der Waals surface area contributed by atoms with Crippen LogP contribution in [0.4, 0.5) is 4.79 Å². The number of aliphatic hydroxyl groups excluding tert-OH is 1. The standard InChI is InChI=1S/C28H42N2O9/c1-18-24(35-7)13-20(21(29)16-37-17-36-11-10-33-5)14-25(18)38-26-12-19(8-9-23(26)34-6)22(15-31)30-27(32)39-28(2,3)4/h8-9,12-14,21-22,31H,10-11,15-17,29H2,1-7H3,(H,30,32)/t21-,22+/m1/s1. The molecule has 2 aromatic rings. The molecule has 2 aromatic carbocycles. The molecule has 2 rings (SSSR count). The zero-order valence-corrected chi connectivity index (χ0v) is 23.9. The third-order valence-corrected chi connectivity index (χ3v) is 5.56. The summed E-state index contributed by atoms with van der Waals surface area (Å²) in [6.07, 6.45) is -0.645. The maximum Gasteiger partial charge on any atom is 0.408 e. The fraction of sp³-hybridized carbons (Fsp3) is 0.536. The lowest BCUT2D eigenvalue weighted by Gasteiger charge is -2.23. The smallest absolute Gasteiger partial charge is 0.408 e. The van der Waals surface area contributed by atoms with Gasteiger partial charge in [0.15, 0.2) is 11.5 Å². The normalized spacial score (nSPS) is 12.9. The molecule has 0 saturated carbocycles. The fourth-order valence-corrected chi connectivity index (χ4v) is 3.54. The first-order valence-electron chi connectivity index (χ1n) is 12.6. The van der Waals surface area contributed by atoms with E-state index < -0.39 is 23.8 Å². The van der Waals surface area contributed by atoms with Crippen molar-refractivity contribution in [2.24, 2.45) is 5.73 Å². The number of nitrogens with one attached hydrogen (secondary N) is 1. The number of rotatable bonds is 15. The number of amides is 1. The number of aliphatic hydroxyl groups is 1. The predicted octanol–water partition coefficient (Wildman–Crippen LogP) is 4.00. The summed E-state index contributed by atoms with van der Waals surface area (Å²) in [5, 5.41) is 12.7. The molecule has 218 valence electrons. The van der Waals surface area contributed by atoms with Crippen molar-refractivity contribution >= 4 is 6.09 Å². The van der Waals surface area contributed by atoms with Crippen LogP contribution in [-0.2, 0) is 18.9 Å². The number of methoxy groups -OCH3 is 3. The molecule has 0 unspecified atom stereocenters. The zero-order valence-electron chi connectivity index (χ0n) is 23.9. The second kappa shape index (κ2) is 15.5. The minimum atomic E-state index is -0.730. The van der Waals surface area contributed by atoms with Gasteiger partial charge in [0, 0.05) is 12.7 Å². The molecule has 0 bridgehead atoms. The van der Waals surface area contributed by atoms with Crippen LogP contribution in [0, 0.1) is 6.92 Å². The van der Waals surface area contributed by atoms with E-state index in [-0.39, 0.29) is 20.0 Å². The molecule has 0 fully saturated rings. The van der Waals surface area contributed by atoms with Crippen LogP contribution < -0.4 is 25.3 Å². The Bertz CT molecular complexity index is 1060. The van der Waals surface area contributed by atoms with Crippen LogP contribution in [0.2, 0.25) is 0 Å². The lowest BCUT2D eigenvalue weighted by atomic mass is 10.0. The van der Waals surface area contributed by atoms with Gasteiger partial charge in [-0.15, -0.1) is 0 Å². The van der Waals surface area contributed by atoms with E-state index in [1.165, 1.54) is 7.11 Å². The van der Waals surface area contributed by atoms with Crippen molar-refractivity contribution < 1.29 is 43.1 Å². The average molecular weight is 551 g/mol. The van der Waals surface area contributed by atoms with Crippen LogP contribution in [0.25, 0.3) is 0 Å². The largest absolute Gasteiger partial charge is 0.496 e. The van der Waals surface area contributed by atoms with Gasteiger partial charge in [0.1, 0.15) is 23.9 Å². The van der Waals surface area contributed by atoms with Gasteiger partial charge in [-0.3, -0.25) is 0 Å². The van der Waals surface area contributed by atoms with Gasteiger partial charge in [-0.1, -0.05) is 6.07 Å². The maximum absolute atomic E-state index is 12.3. The molecular weight excluding hydrogens is 508 g/mol. The minimum absolute atomic E-state index is 0.0940. The molecule has 0 aliphatic heterocycles. The molecule has 39 heavy (non-hydrogen) atoms. The van der Waals surface area contributed by atoms with E-state index in [2.05, 4.69) is 5.32 Å². The van der Waals surface area contributed by atoms with E-state index in [9.17, 15) is 9.90 Å². The molecule has 11 nitrogen and oxygen atoms in total. The highest BCUT2D eigenvalue weighted by atomic mass is 16.7. The third-order valence-electron chi connectivity index (χ3n) is 5.56. The van der Waals surface area contributed by atoms with E-state index in [1.807, 2.05) is 19.1 Å².